The lowest BCUT2D eigenvalue weighted by Crippen LogP contribution is -2.37. The van der Waals surface area contributed by atoms with E-state index in [1.54, 1.807) is 0 Å². The molecule has 2 aromatic carbocycles. The van der Waals surface area contributed by atoms with Crippen molar-refractivity contribution in [2.45, 2.75) is 32.5 Å². The van der Waals surface area contributed by atoms with Crippen molar-refractivity contribution >= 4 is 34.7 Å². The molecule has 4 rings (SSSR count). The van der Waals surface area contributed by atoms with E-state index >= 15 is 0 Å². The number of hydrogen-bond donors (Lipinski definition) is 2. The Balaban J connectivity index is 1.62. The minimum Gasteiger partial charge on any atom is -0.372 e. The fraction of sp³-hybridized carbons (Fsp3) is 0.300. The molecule has 0 radical (unpaired) electrons. The number of aliphatic imine (C=N–C) groups is 1. The van der Waals surface area contributed by atoms with Crippen molar-refractivity contribution in [2.75, 3.05) is 17.2 Å². The summed E-state index contributed by atoms with van der Waals surface area (Å²) in [6.45, 7) is 5.53. The number of hydrogen-bond acceptors (Lipinski definition) is 4. The number of halogens is 1. The molecule has 2 heterocycles. The van der Waals surface area contributed by atoms with Gasteiger partial charge in [0.2, 0.25) is 5.91 Å². The van der Waals surface area contributed by atoms with Gasteiger partial charge in [-0.05, 0) is 49.7 Å². The Kier molecular flexibility index (Phi) is 4.32. The lowest BCUT2D eigenvalue weighted by molar-refractivity contribution is -0.116. The highest BCUT2D eigenvalue weighted by Crippen LogP contribution is 2.30. The van der Waals surface area contributed by atoms with Crippen LogP contribution in [-0.4, -0.2) is 35.3 Å². The van der Waals surface area contributed by atoms with E-state index in [0.29, 0.717) is 6.04 Å². The maximum absolute atomic E-state index is 12.0. The van der Waals surface area contributed by atoms with Crippen LogP contribution in [0.25, 0.3) is 0 Å². The highest BCUT2D eigenvalue weighted by Gasteiger charge is 2.27. The van der Waals surface area contributed by atoms with Crippen LogP contribution in [0.15, 0.2) is 47.5 Å². The number of anilines is 2. The summed E-state index contributed by atoms with van der Waals surface area (Å²) < 4.78 is 0. The van der Waals surface area contributed by atoms with Crippen LogP contribution >= 0.6 is 11.6 Å². The van der Waals surface area contributed by atoms with Crippen LogP contribution in [0, 0.1) is 0 Å². The number of carbonyl (C=O) groups excluding carboxylic acids is 1. The molecule has 2 N–H and O–H groups in total. The third-order valence-corrected chi connectivity index (χ3v) is 5.09. The molecule has 26 heavy (non-hydrogen) atoms. The number of fused-ring (bicyclic) bond motifs is 1. The largest absolute Gasteiger partial charge is 0.372 e. The molecule has 2 atom stereocenters. The van der Waals surface area contributed by atoms with Gasteiger partial charge in [0.1, 0.15) is 11.9 Å². The SMILES string of the molecule is CC1Nc2ccc(C3=NCC(C)N3Cc3cccc(Cl)c3)cc2NC1=O. The first kappa shape index (κ1) is 16.9. The van der Waals surface area contributed by atoms with Crippen molar-refractivity contribution in [1.29, 1.82) is 0 Å². The fourth-order valence-corrected chi connectivity index (χ4v) is 3.60. The van der Waals surface area contributed by atoms with E-state index in [2.05, 4.69) is 34.6 Å². The predicted molar refractivity (Wildman–Crippen MR) is 106 cm³/mol. The van der Waals surface area contributed by atoms with Crippen LogP contribution in [-0.2, 0) is 11.3 Å². The molecule has 0 saturated heterocycles. The Bertz CT molecular complexity index is 895. The molecular weight excluding hydrogens is 348 g/mol. The molecule has 0 fully saturated rings. The smallest absolute Gasteiger partial charge is 0.246 e. The number of nitrogens with one attached hydrogen (secondary N) is 2. The van der Waals surface area contributed by atoms with Crippen LogP contribution in [0.3, 0.4) is 0 Å². The monoisotopic (exact) mass is 368 g/mol. The second-order valence-corrected chi connectivity index (χ2v) is 7.32. The van der Waals surface area contributed by atoms with E-state index in [4.69, 9.17) is 16.6 Å². The summed E-state index contributed by atoms with van der Waals surface area (Å²) in [5, 5.41) is 6.92. The standard InChI is InChI=1S/C20H21ClN4O/c1-12-10-22-19(25(12)11-14-4-3-5-16(21)8-14)15-6-7-17-18(9-15)24-20(26)13(2)23-17/h3-9,12-13,23H,10-11H2,1-2H3,(H,24,26). The van der Waals surface area contributed by atoms with Gasteiger partial charge in [0.05, 0.1) is 17.9 Å². The summed E-state index contributed by atoms with van der Waals surface area (Å²) in [4.78, 5) is 19.0. The summed E-state index contributed by atoms with van der Waals surface area (Å²) in [5.74, 6) is 0.931. The lowest BCUT2D eigenvalue weighted by atomic mass is 10.1. The van der Waals surface area contributed by atoms with Gasteiger partial charge in [0, 0.05) is 23.2 Å². The fourth-order valence-electron chi connectivity index (χ4n) is 3.39. The maximum atomic E-state index is 12.0. The Morgan fingerprint density at radius 1 is 1.19 bits per heavy atom. The maximum Gasteiger partial charge on any atom is 0.246 e. The average Bonchev–Trinajstić information content (AvgIpc) is 2.96. The molecule has 2 aliphatic heterocycles. The molecule has 0 bridgehead atoms. The van der Waals surface area contributed by atoms with Crippen LogP contribution in [0.1, 0.15) is 25.0 Å². The third-order valence-electron chi connectivity index (χ3n) is 4.85. The van der Waals surface area contributed by atoms with Crippen LogP contribution in [0.5, 0.6) is 0 Å². The summed E-state index contributed by atoms with van der Waals surface area (Å²) in [5.41, 5.74) is 3.90. The molecule has 5 nitrogen and oxygen atoms in total. The van der Waals surface area contributed by atoms with Gasteiger partial charge < -0.3 is 15.5 Å². The highest BCUT2D eigenvalue weighted by atomic mass is 35.5. The number of nitrogens with zero attached hydrogens (tertiary/aromatic N) is 2. The van der Waals surface area contributed by atoms with Gasteiger partial charge in [0.25, 0.3) is 0 Å². The zero-order valence-corrected chi connectivity index (χ0v) is 15.5. The summed E-state index contributed by atoms with van der Waals surface area (Å²) in [7, 11) is 0. The molecular formula is C20H21ClN4O. The minimum atomic E-state index is -0.225. The van der Waals surface area contributed by atoms with Crippen molar-refractivity contribution in [3.05, 3.63) is 58.6 Å². The number of amides is 1. The van der Waals surface area contributed by atoms with Gasteiger partial charge in [-0.15, -0.1) is 0 Å². The number of rotatable bonds is 3. The number of amidine groups is 1. The molecule has 134 valence electrons. The molecule has 2 aliphatic rings. The van der Waals surface area contributed by atoms with E-state index in [9.17, 15) is 4.79 Å². The first-order chi connectivity index (χ1) is 12.5. The summed E-state index contributed by atoms with van der Waals surface area (Å²) in [6, 6.07) is 14.1. The number of carbonyl (C=O) groups is 1. The van der Waals surface area contributed by atoms with E-state index in [1.807, 2.05) is 37.3 Å². The van der Waals surface area contributed by atoms with E-state index in [1.165, 1.54) is 0 Å². The summed E-state index contributed by atoms with van der Waals surface area (Å²) >= 11 is 6.13. The Hall–Kier alpha value is -2.53. The Morgan fingerprint density at radius 3 is 2.85 bits per heavy atom. The van der Waals surface area contributed by atoms with Crippen molar-refractivity contribution in [2.24, 2.45) is 4.99 Å². The van der Waals surface area contributed by atoms with E-state index in [-0.39, 0.29) is 11.9 Å². The minimum absolute atomic E-state index is 0.0211. The highest BCUT2D eigenvalue weighted by molar-refractivity contribution is 6.30. The molecule has 0 aliphatic carbocycles. The molecule has 1 amide bonds. The summed E-state index contributed by atoms with van der Waals surface area (Å²) in [6.07, 6.45) is 0. The van der Waals surface area contributed by atoms with Crippen molar-refractivity contribution < 1.29 is 4.79 Å². The first-order valence-electron chi connectivity index (χ1n) is 8.78. The van der Waals surface area contributed by atoms with Gasteiger partial charge >= 0.3 is 0 Å². The van der Waals surface area contributed by atoms with Gasteiger partial charge in [-0.25, -0.2) is 0 Å². The zero-order valence-electron chi connectivity index (χ0n) is 14.8. The van der Waals surface area contributed by atoms with E-state index in [0.717, 1.165) is 46.4 Å². The van der Waals surface area contributed by atoms with Crippen LogP contribution < -0.4 is 10.6 Å². The van der Waals surface area contributed by atoms with Crippen molar-refractivity contribution in [1.82, 2.24) is 4.90 Å². The van der Waals surface area contributed by atoms with Gasteiger partial charge in [-0.2, -0.15) is 0 Å². The molecule has 0 aromatic heterocycles. The second kappa shape index (κ2) is 6.65. The molecule has 0 spiro atoms. The van der Waals surface area contributed by atoms with Gasteiger partial charge in [0.15, 0.2) is 0 Å². The predicted octanol–water partition coefficient (Wildman–Crippen LogP) is 3.74. The van der Waals surface area contributed by atoms with E-state index < -0.39 is 0 Å². The Labute approximate surface area is 158 Å². The zero-order chi connectivity index (χ0) is 18.3. The van der Waals surface area contributed by atoms with Crippen molar-refractivity contribution in [3.63, 3.8) is 0 Å². The Morgan fingerprint density at radius 2 is 2.04 bits per heavy atom. The average molecular weight is 369 g/mol. The first-order valence-corrected chi connectivity index (χ1v) is 9.16. The van der Waals surface area contributed by atoms with Crippen LogP contribution in [0.2, 0.25) is 5.02 Å². The third kappa shape index (κ3) is 3.15. The molecule has 2 unspecified atom stereocenters. The quantitative estimate of drug-likeness (QED) is 0.867. The molecule has 0 saturated carbocycles. The lowest BCUT2D eigenvalue weighted by Gasteiger charge is -2.28. The van der Waals surface area contributed by atoms with Crippen molar-refractivity contribution in [3.8, 4) is 0 Å². The number of benzene rings is 2. The van der Waals surface area contributed by atoms with Gasteiger partial charge in [-0.3, -0.25) is 9.79 Å². The molecule has 2 aromatic rings. The van der Waals surface area contributed by atoms with Gasteiger partial charge in [-0.1, -0.05) is 23.7 Å². The molecule has 6 heteroatoms. The van der Waals surface area contributed by atoms with Crippen LogP contribution in [0.4, 0.5) is 11.4 Å². The topological polar surface area (TPSA) is 56.7 Å². The second-order valence-electron chi connectivity index (χ2n) is 6.89. The normalized spacial score (nSPS) is 21.7.